The molecule has 1 aliphatic rings. The van der Waals surface area contributed by atoms with E-state index in [1.54, 1.807) is 10.6 Å². The van der Waals surface area contributed by atoms with Gasteiger partial charge < -0.3 is 0 Å². The highest BCUT2D eigenvalue weighted by Gasteiger charge is 2.20. The molecule has 0 bridgehead atoms. The fourth-order valence-electron chi connectivity index (χ4n) is 2.75. The summed E-state index contributed by atoms with van der Waals surface area (Å²) in [6.45, 7) is 4.21. The second-order valence-corrected chi connectivity index (χ2v) is 5.56. The zero-order chi connectivity index (χ0) is 12.7. The van der Waals surface area contributed by atoms with Gasteiger partial charge in [-0.3, -0.25) is 9.89 Å². The average Bonchev–Trinajstić information content (AvgIpc) is 2.97. The lowest BCUT2D eigenvalue weighted by atomic mass is 10.0. The van der Waals surface area contributed by atoms with Crippen molar-refractivity contribution < 1.29 is 0 Å². The first kappa shape index (κ1) is 11.5. The van der Waals surface area contributed by atoms with Gasteiger partial charge in [-0.05, 0) is 18.8 Å². The predicted octanol–water partition coefficient (Wildman–Crippen LogP) is 2.80. The van der Waals surface area contributed by atoms with Crippen LogP contribution in [-0.4, -0.2) is 14.6 Å². The molecule has 0 atom stereocenters. The molecule has 96 valence electrons. The largest absolute Gasteiger partial charge is 0.293 e. The van der Waals surface area contributed by atoms with E-state index in [2.05, 4.69) is 23.9 Å². The Morgan fingerprint density at radius 2 is 2.06 bits per heavy atom. The summed E-state index contributed by atoms with van der Waals surface area (Å²) in [7, 11) is 0. The van der Waals surface area contributed by atoms with Gasteiger partial charge in [0.15, 0.2) is 5.65 Å². The van der Waals surface area contributed by atoms with Crippen molar-refractivity contribution in [3.63, 3.8) is 0 Å². The minimum atomic E-state index is 0.00815. The Morgan fingerprint density at radius 3 is 2.72 bits per heavy atom. The van der Waals surface area contributed by atoms with E-state index in [0.717, 1.165) is 17.0 Å². The maximum atomic E-state index is 12.1. The minimum Gasteiger partial charge on any atom is -0.293 e. The lowest BCUT2D eigenvalue weighted by molar-refractivity contribution is 0.689. The molecule has 2 heterocycles. The van der Waals surface area contributed by atoms with Crippen molar-refractivity contribution in [2.45, 2.75) is 51.4 Å². The van der Waals surface area contributed by atoms with E-state index in [1.807, 2.05) is 6.07 Å². The van der Waals surface area contributed by atoms with Gasteiger partial charge in [-0.25, -0.2) is 9.50 Å². The van der Waals surface area contributed by atoms with Crippen molar-refractivity contribution >= 4 is 5.65 Å². The second kappa shape index (κ2) is 4.26. The number of aromatic amines is 1. The quantitative estimate of drug-likeness (QED) is 0.884. The molecule has 1 N–H and O–H groups in total. The van der Waals surface area contributed by atoms with E-state index in [1.165, 1.54) is 25.7 Å². The first-order valence-electron chi connectivity index (χ1n) is 6.78. The van der Waals surface area contributed by atoms with Gasteiger partial charge in [0.2, 0.25) is 0 Å². The van der Waals surface area contributed by atoms with Crippen LogP contribution < -0.4 is 5.56 Å². The second-order valence-electron chi connectivity index (χ2n) is 5.56. The molecule has 0 spiro atoms. The van der Waals surface area contributed by atoms with Crippen LogP contribution in [0.5, 0.6) is 0 Å². The fraction of sp³-hybridized carbons (Fsp3) is 0.571. The summed E-state index contributed by atoms with van der Waals surface area (Å²) < 4.78 is 1.55. The SMILES string of the molecule is CC(C)c1cc2nc(C3CCCC3)cc(=O)n2[nH]1. The summed E-state index contributed by atoms with van der Waals surface area (Å²) >= 11 is 0. The number of hydrogen-bond donors (Lipinski definition) is 1. The Kier molecular flexibility index (Phi) is 2.73. The highest BCUT2D eigenvalue weighted by molar-refractivity contribution is 5.41. The van der Waals surface area contributed by atoms with Crippen LogP contribution >= 0.6 is 0 Å². The third-order valence-corrected chi connectivity index (χ3v) is 3.89. The summed E-state index contributed by atoms with van der Waals surface area (Å²) in [5, 5.41) is 3.12. The van der Waals surface area contributed by atoms with Gasteiger partial charge in [-0.1, -0.05) is 26.7 Å². The van der Waals surface area contributed by atoms with Crippen molar-refractivity contribution in [3.05, 3.63) is 33.9 Å². The molecule has 1 fully saturated rings. The molecular formula is C14H19N3O. The smallest absolute Gasteiger partial charge is 0.272 e. The number of fused-ring (bicyclic) bond motifs is 1. The molecule has 0 saturated heterocycles. The summed E-state index contributed by atoms with van der Waals surface area (Å²) in [6, 6.07) is 3.69. The molecule has 0 aliphatic heterocycles. The third-order valence-electron chi connectivity index (χ3n) is 3.89. The monoisotopic (exact) mass is 245 g/mol. The maximum Gasteiger partial charge on any atom is 0.272 e. The Bertz CT molecular complexity index is 617. The highest BCUT2D eigenvalue weighted by atomic mass is 16.1. The number of rotatable bonds is 2. The van der Waals surface area contributed by atoms with Gasteiger partial charge in [0, 0.05) is 23.7 Å². The van der Waals surface area contributed by atoms with Crippen molar-refractivity contribution in [1.82, 2.24) is 14.6 Å². The molecule has 4 nitrogen and oxygen atoms in total. The van der Waals surface area contributed by atoms with Gasteiger partial charge >= 0.3 is 0 Å². The highest BCUT2D eigenvalue weighted by Crippen LogP contribution is 2.32. The van der Waals surface area contributed by atoms with Crippen LogP contribution in [-0.2, 0) is 0 Å². The molecule has 1 aliphatic carbocycles. The lowest BCUT2D eigenvalue weighted by Crippen LogP contribution is -2.16. The predicted molar refractivity (Wildman–Crippen MR) is 71.1 cm³/mol. The Balaban J connectivity index is 2.11. The number of nitrogens with one attached hydrogen (secondary N) is 1. The molecule has 4 heteroatoms. The van der Waals surface area contributed by atoms with Crippen LogP contribution in [0.1, 0.15) is 62.8 Å². The Labute approximate surface area is 106 Å². The Morgan fingerprint density at radius 1 is 1.33 bits per heavy atom. The first-order chi connectivity index (χ1) is 8.65. The summed E-state index contributed by atoms with van der Waals surface area (Å²) in [6.07, 6.45) is 4.86. The molecule has 3 rings (SSSR count). The summed E-state index contributed by atoms with van der Waals surface area (Å²) in [5.41, 5.74) is 2.80. The molecule has 0 aromatic carbocycles. The van der Waals surface area contributed by atoms with Crippen LogP contribution in [0.4, 0.5) is 0 Å². The van der Waals surface area contributed by atoms with E-state index in [-0.39, 0.29) is 5.56 Å². The summed E-state index contributed by atoms with van der Waals surface area (Å²) in [5.74, 6) is 0.862. The Hall–Kier alpha value is -1.58. The van der Waals surface area contributed by atoms with Crippen LogP contribution in [0.15, 0.2) is 16.9 Å². The van der Waals surface area contributed by atoms with Gasteiger partial charge in [-0.15, -0.1) is 0 Å². The van der Waals surface area contributed by atoms with E-state index in [4.69, 9.17) is 0 Å². The third kappa shape index (κ3) is 1.85. The van der Waals surface area contributed by atoms with E-state index in [0.29, 0.717) is 11.8 Å². The van der Waals surface area contributed by atoms with Crippen molar-refractivity contribution in [1.29, 1.82) is 0 Å². The molecule has 1 saturated carbocycles. The molecule has 0 radical (unpaired) electrons. The number of aromatic nitrogens is 3. The number of H-pyrrole nitrogens is 1. The molecule has 0 amide bonds. The minimum absolute atomic E-state index is 0.00815. The van der Waals surface area contributed by atoms with Gasteiger partial charge in [0.1, 0.15) is 0 Å². The van der Waals surface area contributed by atoms with Gasteiger partial charge in [0.25, 0.3) is 5.56 Å². The average molecular weight is 245 g/mol. The van der Waals surface area contributed by atoms with Crippen molar-refractivity contribution in [2.24, 2.45) is 0 Å². The number of hydrogen-bond acceptors (Lipinski definition) is 2. The standard InChI is InChI=1S/C14H19N3O/c1-9(2)11-7-13-15-12(10-5-3-4-6-10)8-14(18)17(13)16-11/h7-10,16H,3-6H2,1-2H3. The molecule has 0 unspecified atom stereocenters. The maximum absolute atomic E-state index is 12.1. The zero-order valence-electron chi connectivity index (χ0n) is 10.9. The van der Waals surface area contributed by atoms with E-state index < -0.39 is 0 Å². The zero-order valence-corrected chi connectivity index (χ0v) is 10.9. The van der Waals surface area contributed by atoms with Gasteiger partial charge in [-0.2, -0.15) is 0 Å². The molecule has 2 aromatic rings. The lowest BCUT2D eigenvalue weighted by Gasteiger charge is -2.07. The molecular weight excluding hydrogens is 226 g/mol. The normalized spacial score (nSPS) is 17.1. The molecule has 2 aromatic heterocycles. The fourth-order valence-corrected chi connectivity index (χ4v) is 2.75. The van der Waals surface area contributed by atoms with E-state index in [9.17, 15) is 4.79 Å². The van der Waals surface area contributed by atoms with E-state index >= 15 is 0 Å². The van der Waals surface area contributed by atoms with Crippen LogP contribution in [0, 0.1) is 0 Å². The van der Waals surface area contributed by atoms with Crippen LogP contribution in [0.3, 0.4) is 0 Å². The molecule has 18 heavy (non-hydrogen) atoms. The van der Waals surface area contributed by atoms with Crippen molar-refractivity contribution in [2.75, 3.05) is 0 Å². The first-order valence-corrected chi connectivity index (χ1v) is 6.78. The van der Waals surface area contributed by atoms with Crippen LogP contribution in [0.2, 0.25) is 0 Å². The number of nitrogens with zero attached hydrogens (tertiary/aromatic N) is 2. The van der Waals surface area contributed by atoms with Gasteiger partial charge in [0.05, 0.1) is 5.69 Å². The van der Waals surface area contributed by atoms with Crippen molar-refractivity contribution in [3.8, 4) is 0 Å². The summed E-state index contributed by atoms with van der Waals surface area (Å²) in [4.78, 5) is 16.7. The van der Waals surface area contributed by atoms with Crippen LogP contribution in [0.25, 0.3) is 5.65 Å². The topological polar surface area (TPSA) is 50.2 Å².